The van der Waals surface area contributed by atoms with Crippen LogP contribution in [0.1, 0.15) is 18.1 Å². The molecule has 1 atom stereocenters. The molecule has 0 saturated carbocycles. The second kappa shape index (κ2) is 9.30. The summed E-state index contributed by atoms with van der Waals surface area (Å²) in [7, 11) is -3.64. The Morgan fingerprint density at radius 2 is 1.79 bits per heavy atom. The second-order valence-electron chi connectivity index (χ2n) is 6.60. The zero-order chi connectivity index (χ0) is 20.9. The minimum Gasteiger partial charge on any atom is -0.492 e. The van der Waals surface area contributed by atoms with Gasteiger partial charge in [0.1, 0.15) is 18.4 Å². The fraction of sp³-hybridized carbons (Fsp3) is 0.350. The van der Waals surface area contributed by atoms with Crippen LogP contribution in [0.25, 0.3) is 0 Å². The number of halogens is 1. The van der Waals surface area contributed by atoms with E-state index >= 15 is 0 Å². The Kier molecular flexibility index (Phi) is 7.32. The summed E-state index contributed by atoms with van der Waals surface area (Å²) in [6.45, 7) is 5.91. The molecule has 28 heavy (non-hydrogen) atoms. The van der Waals surface area contributed by atoms with Gasteiger partial charge in [-0.05, 0) is 68.3 Å². The van der Waals surface area contributed by atoms with Crippen LogP contribution in [0.3, 0.4) is 0 Å². The number of sulfonamides is 1. The SMILES string of the molecule is Cc1ccc(N([C@H](C)C(=O)NCCOc2ccc(Cl)cc2)S(C)(=O)=O)cc1C. The fourth-order valence-corrected chi connectivity index (χ4v) is 3.99. The van der Waals surface area contributed by atoms with E-state index in [4.69, 9.17) is 16.3 Å². The highest BCUT2D eigenvalue weighted by atomic mass is 35.5. The smallest absolute Gasteiger partial charge is 0.243 e. The summed E-state index contributed by atoms with van der Waals surface area (Å²) in [4.78, 5) is 12.5. The van der Waals surface area contributed by atoms with Gasteiger partial charge in [-0.1, -0.05) is 17.7 Å². The Labute approximate surface area is 171 Å². The highest BCUT2D eigenvalue weighted by Crippen LogP contribution is 2.23. The number of carbonyl (C=O) groups excluding carboxylic acids is 1. The Bertz CT molecular complexity index is 930. The van der Waals surface area contributed by atoms with Crippen molar-refractivity contribution in [1.82, 2.24) is 5.32 Å². The number of rotatable bonds is 8. The standard InChI is InChI=1S/C20H25ClN2O4S/c1-14-5-8-18(13-15(14)2)23(28(4,25)26)16(3)20(24)22-11-12-27-19-9-6-17(21)7-10-19/h5-10,13,16H,11-12H2,1-4H3,(H,22,24)/t16-/m1/s1. The first-order valence-electron chi connectivity index (χ1n) is 8.82. The number of amides is 1. The van der Waals surface area contributed by atoms with E-state index in [1.807, 2.05) is 19.9 Å². The maximum Gasteiger partial charge on any atom is 0.243 e. The predicted molar refractivity (Wildman–Crippen MR) is 113 cm³/mol. The van der Waals surface area contributed by atoms with E-state index < -0.39 is 22.0 Å². The van der Waals surface area contributed by atoms with E-state index in [0.717, 1.165) is 21.7 Å². The number of nitrogens with one attached hydrogen (secondary N) is 1. The van der Waals surface area contributed by atoms with Crippen molar-refractivity contribution in [3.05, 3.63) is 58.6 Å². The molecule has 0 spiro atoms. The zero-order valence-electron chi connectivity index (χ0n) is 16.4. The molecule has 0 unspecified atom stereocenters. The van der Waals surface area contributed by atoms with Crippen molar-refractivity contribution in [2.75, 3.05) is 23.7 Å². The predicted octanol–water partition coefficient (Wildman–Crippen LogP) is 3.31. The number of anilines is 1. The number of aryl methyl sites for hydroxylation is 2. The molecule has 0 aliphatic rings. The highest BCUT2D eigenvalue weighted by Gasteiger charge is 2.29. The van der Waals surface area contributed by atoms with Gasteiger partial charge in [0.05, 0.1) is 18.5 Å². The van der Waals surface area contributed by atoms with E-state index in [9.17, 15) is 13.2 Å². The van der Waals surface area contributed by atoms with Crippen LogP contribution in [-0.4, -0.2) is 39.8 Å². The number of benzene rings is 2. The lowest BCUT2D eigenvalue weighted by Gasteiger charge is -2.28. The average molecular weight is 425 g/mol. The summed E-state index contributed by atoms with van der Waals surface area (Å²) < 4.78 is 31.3. The van der Waals surface area contributed by atoms with E-state index in [1.54, 1.807) is 43.3 Å². The van der Waals surface area contributed by atoms with Gasteiger partial charge in [-0.3, -0.25) is 9.10 Å². The van der Waals surface area contributed by atoms with Gasteiger partial charge in [-0.15, -0.1) is 0 Å². The molecule has 0 aliphatic carbocycles. The summed E-state index contributed by atoms with van der Waals surface area (Å²) in [5, 5.41) is 3.33. The molecule has 0 heterocycles. The first kappa shape index (κ1) is 22.0. The minimum absolute atomic E-state index is 0.246. The Hall–Kier alpha value is -2.25. The van der Waals surface area contributed by atoms with Crippen molar-refractivity contribution in [3.63, 3.8) is 0 Å². The van der Waals surface area contributed by atoms with Crippen molar-refractivity contribution in [2.45, 2.75) is 26.8 Å². The number of nitrogens with zero attached hydrogens (tertiary/aromatic N) is 1. The van der Waals surface area contributed by atoms with Gasteiger partial charge in [-0.2, -0.15) is 0 Å². The zero-order valence-corrected chi connectivity index (χ0v) is 18.0. The van der Waals surface area contributed by atoms with Crippen molar-refractivity contribution in [2.24, 2.45) is 0 Å². The lowest BCUT2D eigenvalue weighted by atomic mass is 10.1. The molecule has 1 N–H and O–H groups in total. The van der Waals surface area contributed by atoms with E-state index in [1.165, 1.54) is 0 Å². The van der Waals surface area contributed by atoms with Gasteiger partial charge in [0.25, 0.3) is 0 Å². The molecule has 0 bridgehead atoms. The first-order valence-corrected chi connectivity index (χ1v) is 11.0. The van der Waals surface area contributed by atoms with Crippen LogP contribution in [0, 0.1) is 13.8 Å². The summed E-state index contributed by atoms with van der Waals surface area (Å²) in [6.07, 6.45) is 1.09. The molecule has 8 heteroatoms. The van der Waals surface area contributed by atoms with Crippen LogP contribution in [0.5, 0.6) is 5.75 Å². The Morgan fingerprint density at radius 3 is 2.36 bits per heavy atom. The monoisotopic (exact) mass is 424 g/mol. The average Bonchev–Trinajstić information content (AvgIpc) is 2.62. The molecular weight excluding hydrogens is 400 g/mol. The topological polar surface area (TPSA) is 75.7 Å². The van der Waals surface area contributed by atoms with Gasteiger partial charge in [0.2, 0.25) is 15.9 Å². The fourth-order valence-electron chi connectivity index (χ4n) is 2.69. The maximum atomic E-state index is 12.5. The third kappa shape index (κ3) is 5.87. The number of carbonyl (C=O) groups is 1. The van der Waals surface area contributed by atoms with Crippen LogP contribution in [0.2, 0.25) is 5.02 Å². The normalized spacial score (nSPS) is 12.3. The van der Waals surface area contributed by atoms with Crippen LogP contribution in [0.15, 0.2) is 42.5 Å². The molecular formula is C20H25ClN2O4S. The van der Waals surface area contributed by atoms with Gasteiger partial charge < -0.3 is 10.1 Å². The molecule has 2 rings (SSSR count). The number of ether oxygens (including phenoxy) is 1. The second-order valence-corrected chi connectivity index (χ2v) is 8.89. The molecule has 1 amide bonds. The molecule has 0 saturated heterocycles. The largest absolute Gasteiger partial charge is 0.492 e. The first-order chi connectivity index (χ1) is 13.1. The summed E-state index contributed by atoms with van der Waals surface area (Å²) >= 11 is 5.82. The maximum absolute atomic E-state index is 12.5. The van der Waals surface area contributed by atoms with Crippen LogP contribution >= 0.6 is 11.6 Å². The lowest BCUT2D eigenvalue weighted by molar-refractivity contribution is -0.121. The number of hydrogen-bond donors (Lipinski definition) is 1. The Morgan fingerprint density at radius 1 is 1.14 bits per heavy atom. The molecule has 0 aliphatic heterocycles. The summed E-state index contributed by atoms with van der Waals surface area (Å²) in [5.41, 5.74) is 2.47. The molecule has 2 aromatic rings. The lowest BCUT2D eigenvalue weighted by Crippen LogP contribution is -2.48. The van der Waals surface area contributed by atoms with Crippen LogP contribution < -0.4 is 14.4 Å². The summed E-state index contributed by atoms with van der Waals surface area (Å²) in [6, 6.07) is 11.3. The van der Waals surface area contributed by atoms with Crippen LogP contribution in [-0.2, 0) is 14.8 Å². The van der Waals surface area contributed by atoms with Gasteiger partial charge in [0, 0.05) is 5.02 Å². The van der Waals surface area contributed by atoms with Crippen molar-refractivity contribution >= 4 is 33.2 Å². The molecule has 0 radical (unpaired) electrons. The van der Waals surface area contributed by atoms with Gasteiger partial charge >= 0.3 is 0 Å². The molecule has 0 aromatic heterocycles. The van der Waals surface area contributed by atoms with E-state index in [0.29, 0.717) is 16.5 Å². The molecule has 2 aromatic carbocycles. The highest BCUT2D eigenvalue weighted by molar-refractivity contribution is 7.92. The van der Waals surface area contributed by atoms with Crippen LogP contribution in [0.4, 0.5) is 5.69 Å². The van der Waals surface area contributed by atoms with Crippen molar-refractivity contribution < 1.29 is 17.9 Å². The van der Waals surface area contributed by atoms with Crippen molar-refractivity contribution in [1.29, 1.82) is 0 Å². The van der Waals surface area contributed by atoms with Gasteiger partial charge in [-0.25, -0.2) is 8.42 Å². The quantitative estimate of drug-likeness (QED) is 0.659. The van der Waals surface area contributed by atoms with Crippen molar-refractivity contribution in [3.8, 4) is 5.75 Å². The number of hydrogen-bond acceptors (Lipinski definition) is 4. The van der Waals surface area contributed by atoms with Gasteiger partial charge in [0.15, 0.2) is 0 Å². The van der Waals surface area contributed by atoms with E-state index in [-0.39, 0.29) is 13.2 Å². The molecule has 0 fully saturated rings. The molecule has 6 nitrogen and oxygen atoms in total. The minimum atomic E-state index is -3.64. The summed E-state index contributed by atoms with van der Waals surface area (Å²) in [5.74, 6) is 0.239. The third-order valence-electron chi connectivity index (χ3n) is 4.32. The third-order valence-corrected chi connectivity index (χ3v) is 5.81. The Balaban J connectivity index is 2.01. The molecule has 152 valence electrons. The van der Waals surface area contributed by atoms with E-state index in [2.05, 4.69) is 5.32 Å².